The van der Waals surface area contributed by atoms with Gasteiger partial charge in [-0.25, -0.2) is 4.68 Å². The molecule has 0 unspecified atom stereocenters. The molecule has 0 amide bonds. The van der Waals surface area contributed by atoms with Gasteiger partial charge in [0.2, 0.25) is 0 Å². The molecular weight excluding hydrogens is 339 g/mol. The third kappa shape index (κ3) is 2.60. The van der Waals surface area contributed by atoms with Gasteiger partial charge in [-0.3, -0.25) is 4.79 Å². The summed E-state index contributed by atoms with van der Waals surface area (Å²) < 4.78 is 39.7. The summed E-state index contributed by atoms with van der Waals surface area (Å²) in [7, 11) is 0. The fourth-order valence-electron chi connectivity index (χ4n) is 1.76. The van der Waals surface area contributed by atoms with Crippen molar-refractivity contribution in [3.8, 4) is 5.69 Å². The Bertz CT molecular complexity index is 679. The summed E-state index contributed by atoms with van der Waals surface area (Å²) in [6, 6.07) is 3.70. The minimum Gasteiger partial charge on any atom is -0.293 e. The molecule has 0 atom stereocenters. The summed E-state index contributed by atoms with van der Waals surface area (Å²) in [6.45, 7) is 2.90. The van der Waals surface area contributed by atoms with Crippen LogP contribution in [0.4, 0.5) is 13.2 Å². The average molecular weight is 348 g/mol. The molecule has 20 heavy (non-hydrogen) atoms. The van der Waals surface area contributed by atoms with E-state index < -0.39 is 11.7 Å². The van der Waals surface area contributed by atoms with Crippen molar-refractivity contribution >= 4 is 21.7 Å². The molecule has 0 radical (unpaired) electrons. The van der Waals surface area contributed by atoms with Crippen LogP contribution in [0.25, 0.3) is 5.69 Å². The topological polar surface area (TPSA) is 47.8 Å². The Labute approximate surface area is 120 Å². The fraction of sp³-hybridized carbons (Fsp3) is 0.250. The lowest BCUT2D eigenvalue weighted by atomic mass is 10.2. The van der Waals surface area contributed by atoms with Crippen LogP contribution in [0, 0.1) is 6.92 Å². The third-order valence-electron chi connectivity index (χ3n) is 2.73. The highest BCUT2D eigenvalue weighted by atomic mass is 79.9. The third-order valence-corrected chi connectivity index (χ3v) is 3.42. The fourth-order valence-corrected chi connectivity index (χ4v) is 2.23. The molecule has 106 valence electrons. The second-order valence-electron chi connectivity index (χ2n) is 4.15. The number of ketones is 1. The van der Waals surface area contributed by atoms with Crippen LogP contribution >= 0.6 is 15.9 Å². The zero-order valence-corrected chi connectivity index (χ0v) is 12.1. The minimum atomic E-state index is -4.48. The van der Waals surface area contributed by atoms with Gasteiger partial charge < -0.3 is 0 Å². The summed E-state index contributed by atoms with van der Waals surface area (Å²) in [5.74, 6) is -0.290. The summed E-state index contributed by atoms with van der Waals surface area (Å²) in [5.41, 5.74) is -0.0817. The summed E-state index contributed by atoms with van der Waals surface area (Å²) in [6.07, 6.45) is -4.48. The number of carbonyl (C=O) groups is 1. The van der Waals surface area contributed by atoms with E-state index in [1.54, 1.807) is 6.92 Å². The first-order chi connectivity index (χ1) is 9.21. The zero-order valence-electron chi connectivity index (χ0n) is 10.5. The maximum absolute atomic E-state index is 12.8. The van der Waals surface area contributed by atoms with Crippen molar-refractivity contribution in [2.45, 2.75) is 20.0 Å². The molecule has 0 saturated carbocycles. The quantitative estimate of drug-likeness (QED) is 0.780. The number of Topliss-reactive ketones (excluding diaryl/α,β-unsaturated/α-hetero) is 1. The van der Waals surface area contributed by atoms with Gasteiger partial charge in [-0.1, -0.05) is 21.1 Å². The number of hydrogen-bond donors (Lipinski definition) is 0. The Balaban J connectivity index is 2.57. The molecule has 0 aliphatic rings. The van der Waals surface area contributed by atoms with Crippen LogP contribution < -0.4 is 0 Å². The number of halogens is 4. The predicted molar refractivity (Wildman–Crippen MR) is 68.8 cm³/mol. The number of hydrogen-bond acceptors (Lipinski definition) is 3. The second-order valence-corrected chi connectivity index (χ2v) is 5.01. The van der Waals surface area contributed by atoms with Gasteiger partial charge in [0.25, 0.3) is 0 Å². The largest absolute Gasteiger partial charge is 0.417 e. The standard InChI is InChI=1S/C12H9BrF3N3O/c1-6-11(7(2)20)17-18-19(6)8-3-4-10(13)9(5-8)12(14,15)16/h3-5H,1-2H3. The van der Waals surface area contributed by atoms with Crippen molar-refractivity contribution in [1.82, 2.24) is 15.0 Å². The smallest absolute Gasteiger partial charge is 0.293 e. The van der Waals surface area contributed by atoms with E-state index in [1.165, 1.54) is 23.7 Å². The molecule has 4 nitrogen and oxygen atoms in total. The first kappa shape index (κ1) is 14.7. The van der Waals surface area contributed by atoms with E-state index in [-0.39, 0.29) is 21.6 Å². The van der Waals surface area contributed by atoms with Crippen molar-refractivity contribution in [2.75, 3.05) is 0 Å². The molecular formula is C12H9BrF3N3O. The second kappa shape index (κ2) is 5.01. The van der Waals surface area contributed by atoms with Crippen LogP contribution in [0.3, 0.4) is 0 Å². The molecule has 0 aliphatic heterocycles. The molecule has 0 fully saturated rings. The van der Waals surface area contributed by atoms with Gasteiger partial charge >= 0.3 is 6.18 Å². The maximum atomic E-state index is 12.8. The van der Waals surface area contributed by atoms with Crippen molar-refractivity contribution < 1.29 is 18.0 Å². The molecule has 1 aromatic heterocycles. The van der Waals surface area contributed by atoms with Crippen molar-refractivity contribution in [1.29, 1.82) is 0 Å². The van der Waals surface area contributed by atoms with Gasteiger partial charge in [-0.05, 0) is 25.1 Å². The molecule has 8 heteroatoms. The molecule has 2 rings (SSSR count). The van der Waals surface area contributed by atoms with Gasteiger partial charge in [0.1, 0.15) is 0 Å². The van der Waals surface area contributed by atoms with Crippen LogP contribution in [0.2, 0.25) is 0 Å². The Kier molecular flexibility index (Phi) is 3.68. The van der Waals surface area contributed by atoms with Crippen LogP contribution in [0.1, 0.15) is 28.7 Å². The highest BCUT2D eigenvalue weighted by molar-refractivity contribution is 9.10. The highest BCUT2D eigenvalue weighted by Crippen LogP contribution is 2.36. The van der Waals surface area contributed by atoms with E-state index in [9.17, 15) is 18.0 Å². The molecule has 0 N–H and O–H groups in total. The monoisotopic (exact) mass is 347 g/mol. The number of carbonyl (C=O) groups excluding carboxylic acids is 1. The molecule has 0 saturated heterocycles. The lowest BCUT2D eigenvalue weighted by Gasteiger charge is -2.11. The maximum Gasteiger partial charge on any atom is 0.417 e. The summed E-state index contributed by atoms with van der Waals surface area (Å²) in [4.78, 5) is 11.3. The lowest BCUT2D eigenvalue weighted by molar-refractivity contribution is -0.138. The van der Waals surface area contributed by atoms with E-state index in [2.05, 4.69) is 26.2 Å². The van der Waals surface area contributed by atoms with Gasteiger partial charge in [-0.2, -0.15) is 13.2 Å². The summed E-state index contributed by atoms with van der Waals surface area (Å²) >= 11 is 2.87. The van der Waals surface area contributed by atoms with Gasteiger partial charge in [-0.15, -0.1) is 5.10 Å². The molecule has 0 bridgehead atoms. The number of aromatic nitrogens is 3. The zero-order chi connectivity index (χ0) is 15.1. The van der Waals surface area contributed by atoms with Crippen molar-refractivity contribution in [3.05, 3.63) is 39.6 Å². The van der Waals surface area contributed by atoms with E-state index in [0.717, 1.165) is 6.07 Å². The minimum absolute atomic E-state index is 0.0571. The Morgan fingerprint density at radius 3 is 2.50 bits per heavy atom. The van der Waals surface area contributed by atoms with Gasteiger partial charge in [0.05, 0.1) is 16.9 Å². The van der Waals surface area contributed by atoms with Crippen molar-refractivity contribution in [2.24, 2.45) is 0 Å². The van der Waals surface area contributed by atoms with Crippen LogP contribution in [-0.2, 0) is 6.18 Å². The van der Waals surface area contributed by atoms with E-state index in [1.807, 2.05) is 0 Å². The lowest BCUT2D eigenvalue weighted by Crippen LogP contribution is -2.08. The predicted octanol–water partition coefficient (Wildman–Crippen LogP) is 3.56. The normalized spacial score (nSPS) is 11.7. The molecule has 0 aliphatic carbocycles. The SMILES string of the molecule is CC(=O)c1nnn(-c2ccc(Br)c(C(F)(F)F)c2)c1C. The van der Waals surface area contributed by atoms with E-state index >= 15 is 0 Å². The first-order valence-corrected chi connectivity index (χ1v) is 6.31. The van der Waals surface area contributed by atoms with Crippen molar-refractivity contribution in [3.63, 3.8) is 0 Å². The Morgan fingerprint density at radius 2 is 2.00 bits per heavy atom. The Hall–Kier alpha value is -1.70. The molecule has 2 aromatic rings. The Morgan fingerprint density at radius 1 is 1.35 bits per heavy atom. The molecule has 1 aromatic carbocycles. The van der Waals surface area contributed by atoms with Gasteiger partial charge in [0.15, 0.2) is 11.5 Å². The van der Waals surface area contributed by atoms with Gasteiger partial charge in [0, 0.05) is 11.4 Å². The first-order valence-electron chi connectivity index (χ1n) is 5.52. The summed E-state index contributed by atoms with van der Waals surface area (Å²) in [5, 5.41) is 7.40. The van der Waals surface area contributed by atoms with Crippen LogP contribution in [-0.4, -0.2) is 20.8 Å². The van der Waals surface area contributed by atoms with E-state index in [4.69, 9.17) is 0 Å². The number of alkyl halides is 3. The number of benzene rings is 1. The molecule has 0 spiro atoms. The molecule has 1 heterocycles. The number of rotatable bonds is 2. The average Bonchev–Trinajstić information content (AvgIpc) is 2.70. The highest BCUT2D eigenvalue weighted by Gasteiger charge is 2.33. The number of nitrogens with zero attached hydrogens (tertiary/aromatic N) is 3. The van der Waals surface area contributed by atoms with Crippen LogP contribution in [0.5, 0.6) is 0 Å². The van der Waals surface area contributed by atoms with Crippen LogP contribution in [0.15, 0.2) is 22.7 Å². The van der Waals surface area contributed by atoms with E-state index in [0.29, 0.717) is 5.69 Å².